The van der Waals surface area contributed by atoms with Crippen LogP contribution in [0.5, 0.6) is 28.7 Å². The van der Waals surface area contributed by atoms with Crippen LogP contribution in [0.25, 0.3) is 0 Å². The monoisotopic (exact) mass is 2320 g/mol. The van der Waals surface area contributed by atoms with E-state index in [-0.39, 0.29) is 90.0 Å². The number of hydrogen-bond acceptors (Lipinski definition) is 5. The molecule has 0 amide bonds. The summed E-state index contributed by atoms with van der Waals surface area (Å²) in [4.78, 5) is 0. The fraction of sp³-hybridized carbons (Fsp3) is 0.250. The molecule has 5 atom stereocenters. The first-order valence-corrected chi connectivity index (χ1v) is 70.5. The van der Waals surface area contributed by atoms with Crippen molar-refractivity contribution in [3.8, 4) is 28.7 Å². The second kappa shape index (κ2) is 56.9. The van der Waals surface area contributed by atoms with Crippen molar-refractivity contribution in [2.45, 2.75) is 132 Å². The third kappa shape index (κ3) is 40.2. The van der Waals surface area contributed by atoms with E-state index >= 15 is 0 Å². The number of para-hydroxylation sites is 1. The molecule has 5 nitrogen and oxygen atoms in total. The van der Waals surface area contributed by atoms with E-state index in [4.69, 9.17) is 85.1 Å². The van der Waals surface area contributed by atoms with Crippen LogP contribution in [0, 0.1) is 103 Å². The average molecular weight is 2340 g/mol. The molecule has 0 aliphatic carbocycles. The van der Waals surface area contributed by atoms with Crippen LogP contribution in [-0.2, 0) is 126 Å². The molecular weight excluding hydrogens is 2250 g/mol. The van der Waals surface area contributed by atoms with Gasteiger partial charge in [-0.25, -0.2) is 57.1 Å². The Hall–Kier alpha value is -0.244. The summed E-state index contributed by atoms with van der Waals surface area (Å²) in [7, 11) is 48.3. The third-order valence-corrected chi connectivity index (χ3v) is 22.3. The van der Waals surface area contributed by atoms with Crippen molar-refractivity contribution in [1.29, 1.82) is 0 Å². The molecule has 0 saturated heterocycles. The molecule has 0 heterocycles. The first kappa shape index (κ1) is 116. The van der Waals surface area contributed by atoms with Gasteiger partial charge in [0.05, 0.1) is 5.30 Å². The number of halogens is 23. The van der Waals surface area contributed by atoms with Crippen LogP contribution < -0.4 is 53.0 Å². The van der Waals surface area contributed by atoms with Crippen molar-refractivity contribution in [1.82, 2.24) is 0 Å². The molecule has 10 aromatic carbocycles. The second-order valence-electron chi connectivity index (χ2n) is 28.7. The average Bonchev–Trinajstić information content (AvgIpc) is 0.801. The summed E-state index contributed by atoms with van der Waals surface area (Å²) in [6, 6.07) is 35.0. The van der Waals surface area contributed by atoms with E-state index in [0.717, 1.165) is 68.8 Å². The molecule has 0 fully saturated rings. The summed E-state index contributed by atoms with van der Waals surface area (Å²) >= 11 is -4.13. The Morgan fingerprint density at radius 2 is 0.525 bits per heavy atom. The maximum atomic E-state index is 14.0. The van der Waals surface area contributed by atoms with Gasteiger partial charge in [-0.3, -0.25) is 0 Å². The number of aryl methyl sites for hydroxylation is 4. The Kier molecular flexibility index (Phi) is 55.9. The molecule has 10 rings (SSSR count). The molecule has 638 valence electrons. The van der Waals surface area contributed by atoms with E-state index in [9.17, 15) is 82.6 Å². The molecule has 0 aromatic heterocycles. The van der Waals surface area contributed by atoms with Gasteiger partial charge in [0.1, 0.15) is 75.3 Å². The van der Waals surface area contributed by atoms with E-state index < -0.39 is 194 Å². The van der Waals surface area contributed by atoms with Gasteiger partial charge in [0.15, 0.2) is 23.3 Å². The molecule has 5 N–H and O–H groups in total. The zero-order chi connectivity index (χ0) is 90.8. The summed E-state index contributed by atoms with van der Waals surface area (Å²) < 4.78 is 173. The Balaban J connectivity index is 0.000000707. The molecule has 0 spiro atoms. The van der Waals surface area contributed by atoms with Crippen LogP contribution in [0.15, 0.2) is 146 Å². The topological polar surface area (TPSA) is 101 Å². The quantitative estimate of drug-likeness (QED) is 0.0406. The van der Waals surface area contributed by atoms with Gasteiger partial charge < -0.3 is 25.5 Å². The van der Waals surface area contributed by atoms with E-state index in [1.165, 1.54) is 72.8 Å². The Labute approximate surface area is 784 Å². The zero-order valence-electron chi connectivity index (χ0n) is 65.8. The fourth-order valence-electron chi connectivity index (χ4n) is 9.92. The zero-order valence-corrected chi connectivity index (χ0v) is 90.6. The van der Waals surface area contributed by atoms with Crippen molar-refractivity contribution in [2.24, 2.45) is 0 Å². The number of hydrogen-bond donors (Lipinski definition) is 5. The van der Waals surface area contributed by atoms with Crippen LogP contribution in [0.4, 0.5) is 57.1 Å². The Bertz CT molecular complexity index is 4800. The normalized spacial score (nSPS) is 11.2. The van der Waals surface area contributed by atoms with Gasteiger partial charge in [-0.05, 0) is 170 Å². The number of phenols is 5. The standard InChI is InChI=1S/C20H25F2OP.2C17H19F2OP.C14H13F2OP.C12H6F5OP.10ClH.5Zr/c1-19(2,3)12-9-14(20(4,5)6)18(23)17(10-12)24-16-8-7-13(21)11-15(16)22;1-10-7-11(17(2,3)4)8-15(16(10)20)21-14-6-5-12(18)9-13(14)19;1-10-7-12(17(2,3)4)16(20)15(8-10)21-14-6-5-11(18)9-13(14)19;1-8-5-9(2)14(17)13(6-8)18-12-4-3-10(15)7-11(12)16;13-7-8(14)10(16)12(11(17)9(7)15)19-6-4-2-1-3-5(6)18;;;;;;;;;;;;;;;/h7-11,23-24H,1-6H3;2*5-9,20-21H,1-4H3;3-7,17-18H,1-2H3;1-4,18-19H;10*1H;;;;;/q;;;;;;;;;;;;;;;5*+2/p-10. The minimum atomic E-state index is -2.19. The number of rotatable bonds is 10. The maximum absolute atomic E-state index is 14.0. The molecular formula is C80H82Cl10F13O5P5Zr5. The summed E-state index contributed by atoms with van der Waals surface area (Å²) in [6.07, 6.45) is 0. The van der Waals surface area contributed by atoms with E-state index in [2.05, 4.69) is 41.5 Å². The summed E-state index contributed by atoms with van der Waals surface area (Å²) in [5, 5.41) is 54.3. The predicted molar refractivity (Wildman–Crippen MR) is 462 cm³/mol. The molecule has 0 radical (unpaired) electrons. The summed E-state index contributed by atoms with van der Waals surface area (Å²) in [6.45, 7) is 32.3. The van der Waals surface area contributed by atoms with E-state index in [1.807, 2.05) is 111 Å². The van der Waals surface area contributed by atoms with E-state index in [1.54, 1.807) is 6.92 Å². The summed E-state index contributed by atoms with van der Waals surface area (Å²) in [5.41, 5.74) is 6.85. The SMILES string of the molecule is CC(C)(C)c1cc(Pc2ccc(F)cc2F)c(O)c(C(C)(C)C)c1.Cc1cc(C(C)(C)C)cc(Pc2ccc(F)cc2F)c1O.Cc1cc(C)c(O)c(Pc2ccc(F)cc2F)c1.Cc1cc(Pc2ccc(F)cc2F)c(O)c(C(C)(C)C)c1.Oc1ccccc1Pc1c(F)c(F)c(F)c(F)c1F.[Cl][Zr][Cl].[Cl][Zr][Cl].[Cl][Zr][Cl].[Cl][Zr][Cl].[Cl][Zr][Cl]. The van der Waals surface area contributed by atoms with Crippen LogP contribution in [0.3, 0.4) is 0 Å². The van der Waals surface area contributed by atoms with Gasteiger partial charge >= 0.3 is 189 Å². The van der Waals surface area contributed by atoms with Crippen molar-refractivity contribution >= 4 is 181 Å². The van der Waals surface area contributed by atoms with Gasteiger partial charge in [-0.15, -0.1) is 0 Å². The van der Waals surface area contributed by atoms with Gasteiger partial charge in [0.2, 0.25) is 5.82 Å². The number of aromatic hydroxyl groups is 5. The second-order valence-corrected chi connectivity index (χ2v) is 54.0. The van der Waals surface area contributed by atoms with E-state index in [0.29, 0.717) is 42.4 Å². The molecule has 0 saturated carbocycles. The van der Waals surface area contributed by atoms with Crippen molar-refractivity contribution < 1.29 is 187 Å². The van der Waals surface area contributed by atoms with Gasteiger partial charge in [-0.1, -0.05) is 160 Å². The minimum absolute atomic E-state index is 0.0281. The number of benzene rings is 10. The third-order valence-electron chi connectivity index (χ3n) is 15.6. The fourth-order valence-corrected chi connectivity index (χ4v) is 15.8. The van der Waals surface area contributed by atoms with Crippen molar-refractivity contribution in [3.05, 3.63) is 266 Å². The molecule has 0 bridgehead atoms. The molecule has 38 heteroatoms. The molecule has 0 aliphatic heterocycles. The van der Waals surface area contributed by atoms with Gasteiger partial charge in [0, 0.05) is 83.1 Å². The van der Waals surface area contributed by atoms with Crippen LogP contribution in [0.2, 0.25) is 0 Å². The van der Waals surface area contributed by atoms with Crippen molar-refractivity contribution in [2.75, 3.05) is 0 Å². The molecule has 5 unspecified atom stereocenters. The first-order valence-electron chi connectivity index (χ1n) is 33.9. The number of phenolic OH excluding ortho intramolecular Hbond substituents is 5. The van der Waals surface area contributed by atoms with Crippen LogP contribution in [0.1, 0.15) is 128 Å². The van der Waals surface area contributed by atoms with Crippen LogP contribution in [-0.4, -0.2) is 25.5 Å². The molecule has 118 heavy (non-hydrogen) atoms. The van der Waals surface area contributed by atoms with Crippen LogP contribution >= 0.6 is 128 Å². The molecule has 10 aromatic rings. The van der Waals surface area contributed by atoms with Crippen molar-refractivity contribution in [3.63, 3.8) is 0 Å². The Morgan fingerprint density at radius 1 is 0.263 bits per heavy atom. The first-order chi connectivity index (χ1) is 54.7. The Morgan fingerprint density at radius 3 is 0.831 bits per heavy atom. The van der Waals surface area contributed by atoms with Gasteiger partial charge in [0.25, 0.3) is 0 Å². The molecule has 0 aliphatic rings. The van der Waals surface area contributed by atoms with Gasteiger partial charge in [-0.2, -0.15) is 0 Å². The predicted octanol–water partition coefficient (Wildman–Crippen LogP) is 25.2. The summed E-state index contributed by atoms with van der Waals surface area (Å²) in [5.74, 6) is -14.1.